The first-order valence-electron chi connectivity index (χ1n) is 24.2. The summed E-state index contributed by atoms with van der Waals surface area (Å²) in [5.41, 5.74) is -4.87. The maximum atomic E-state index is 14.6. The second-order valence-corrected chi connectivity index (χ2v) is 22.3. The fourth-order valence-corrected chi connectivity index (χ4v) is 11.3. The average Bonchev–Trinajstić information content (AvgIpc) is 3.29. The van der Waals surface area contributed by atoms with Crippen molar-refractivity contribution in [3.05, 3.63) is 48.7 Å². The molecule has 21 heteroatoms. The van der Waals surface area contributed by atoms with Crippen molar-refractivity contribution in [2.75, 3.05) is 37.8 Å². The zero-order valence-corrected chi connectivity index (χ0v) is 43.7. The number of amides is 2. The van der Waals surface area contributed by atoms with E-state index in [1.54, 1.807) is 60.6 Å². The van der Waals surface area contributed by atoms with Gasteiger partial charge in [-0.15, -0.1) is 0 Å². The molecule has 70 heavy (non-hydrogen) atoms. The van der Waals surface area contributed by atoms with Gasteiger partial charge >= 0.3 is 12.0 Å². The van der Waals surface area contributed by atoms with E-state index in [9.17, 15) is 43.5 Å². The summed E-state index contributed by atoms with van der Waals surface area (Å²) in [6.45, 7) is 16.3. The predicted octanol–water partition coefficient (Wildman–Crippen LogP) is 3.70. The molecule has 1 aromatic heterocycles. The van der Waals surface area contributed by atoms with Crippen LogP contribution in [0, 0.1) is 17.8 Å². The molecule has 0 bridgehead atoms. The number of ether oxygens (including phenoxy) is 6. The lowest BCUT2D eigenvalue weighted by molar-refractivity contribution is -0.318. The van der Waals surface area contributed by atoms with E-state index in [-0.39, 0.29) is 54.4 Å². The molecule has 0 saturated carbocycles. The van der Waals surface area contributed by atoms with Crippen molar-refractivity contribution < 1.29 is 72.0 Å². The molecular formula is C49H79N5O15S. The van der Waals surface area contributed by atoms with Gasteiger partial charge in [0.1, 0.15) is 35.8 Å². The van der Waals surface area contributed by atoms with Gasteiger partial charge in [0.2, 0.25) is 0 Å². The van der Waals surface area contributed by atoms with E-state index in [0.29, 0.717) is 6.42 Å². The highest BCUT2D eigenvalue weighted by atomic mass is 32.2. The van der Waals surface area contributed by atoms with Crippen molar-refractivity contribution in [2.45, 2.75) is 190 Å². The number of esters is 1. The molecule has 20 nitrogen and oxygen atoms in total. The molecule has 3 saturated heterocycles. The third kappa shape index (κ3) is 13.1. The summed E-state index contributed by atoms with van der Waals surface area (Å²) < 4.78 is 66.5. The molecule has 3 aliphatic rings. The standard InChI is InChI=1S/C49H79N5O15S/c1-14-36-49(10,61)41(56)31(6)54(46(59)51-33-18-20-34(21-19-33)70(62,63)52-37-17-15-16-22-50-37)26-27(2)24-47(8,60)43(69-45-39(55)35(53(11)12)23-28(3)65-45)29(4)40(30(5)44(58)67-36)68-38-25-48(9,64-13)42(57)32(7)66-38/h15-22,27-32,35-36,38-43,45,55-57,60-61H,14,23-26H2,1-13H3,(H,50,52)(H,51,59)/t27-,28-,29+,30-,31-,32+,35+,36-,38+,39-,40+,41-,42+,43-,45+,47-,48-,49-/m1/s1. The van der Waals surface area contributed by atoms with Crippen LogP contribution < -0.4 is 10.0 Å². The number of benzene rings is 1. The summed E-state index contributed by atoms with van der Waals surface area (Å²) in [7, 11) is 1.10. The van der Waals surface area contributed by atoms with Crippen LogP contribution >= 0.6 is 0 Å². The van der Waals surface area contributed by atoms with Crippen molar-refractivity contribution in [2.24, 2.45) is 17.8 Å². The second kappa shape index (κ2) is 23.1. The van der Waals surface area contributed by atoms with E-state index >= 15 is 0 Å². The number of anilines is 2. The number of nitrogens with zero attached hydrogens (tertiary/aromatic N) is 3. The number of methoxy groups -OCH3 is 1. The van der Waals surface area contributed by atoms with Crippen LogP contribution in [-0.2, 0) is 43.2 Å². The fourth-order valence-electron chi connectivity index (χ4n) is 10.3. The van der Waals surface area contributed by atoms with Crippen molar-refractivity contribution in [1.82, 2.24) is 14.8 Å². The average molecular weight is 1010 g/mol. The van der Waals surface area contributed by atoms with Gasteiger partial charge in [0, 0.05) is 43.9 Å². The molecule has 1 aromatic carbocycles. The van der Waals surface area contributed by atoms with Gasteiger partial charge in [-0.3, -0.25) is 9.52 Å². The van der Waals surface area contributed by atoms with Crippen molar-refractivity contribution in [3.63, 3.8) is 0 Å². The Balaban J connectivity index is 1.56. The van der Waals surface area contributed by atoms with Crippen LogP contribution in [0.4, 0.5) is 16.3 Å². The van der Waals surface area contributed by atoms with E-state index in [2.05, 4.69) is 15.0 Å². The van der Waals surface area contributed by atoms with E-state index in [0.717, 1.165) is 0 Å². The summed E-state index contributed by atoms with van der Waals surface area (Å²) in [5.74, 6) is -3.36. The van der Waals surface area contributed by atoms with Gasteiger partial charge in [0.05, 0.1) is 52.5 Å². The molecule has 0 spiro atoms. The van der Waals surface area contributed by atoms with Crippen LogP contribution in [0.1, 0.15) is 94.9 Å². The summed E-state index contributed by atoms with van der Waals surface area (Å²) >= 11 is 0. The molecule has 18 atom stereocenters. The molecule has 4 heterocycles. The van der Waals surface area contributed by atoms with Crippen LogP contribution in [0.5, 0.6) is 0 Å². The third-order valence-electron chi connectivity index (χ3n) is 14.5. The Morgan fingerprint density at radius 2 is 1.60 bits per heavy atom. The second-order valence-electron chi connectivity index (χ2n) is 20.7. The Morgan fingerprint density at radius 3 is 2.19 bits per heavy atom. The minimum Gasteiger partial charge on any atom is -0.459 e. The zero-order chi connectivity index (χ0) is 52.3. The Kier molecular flexibility index (Phi) is 18.9. The lowest BCUT2D eigenvalue weighted by atomic mass is 9.77. The molecule has 3 aliphatic heterocycles. The van der Waals surface area contributed by atoms with Crippen LogP contribution in [0.3, 0.4) is 0 Å². The van der Waals surface area contributed by atoms with Gasteiger partial charge in [0.15, 0.2) is 12.6 Å². The topological polar surface area (TPSA) is 268 Å². The highest BCUT2D eigenvalue weighted by Gasteiger charge is 2.53. The van der Waals surface area contributed by atoms with Gasteiger partial charge in [-0.05, 0) is 124 Å². The number of aliphatic hydroxyl groups is 5. The number of rotatable bonds is 11. The number of urea groups is 1. The van der Waals surface area contributed by atoms with Crippen LogP contribution in [0.15, 0.2) is 53.6 Å². The molecule has 0 radical (unpaired) electrons. The molecule has 2 amide bonds. The summed E-state index contributed by atoms with van der Waals surface area (Å²) in [6, 6.07) is 7.94. The summed E-state index contributed by atoms with van der Waals surface area (Å²) in [5, 5.41) is 62.8. The Morgan fingerprint density at radius 1 is 0.943 bits per heavy atom. The largest absolute Gasteiger partial charge is 0.459 e. The molecule has 3 fully saturated rings. The Labute approximate surface area is 413 Å². The van der Waals surface area contributed by atoms with Crippen LogP contribution in [-0.4, -0.2) is 179 Å². The number of aliphatic hydroxyl groups excluding tert-OH is 3. The lowest BCUT2D eigenvalue weighted by Crippen LogP contribution is -2.61. The third-order valence-corrected chi connectivity index (χ3v) is 15.9. The van der Waals surface area contributed by atoms with Crippen molar-refractivity contribution in [1.29, 1.82) is 0 Å². The number of nitrogens with one attached hydrogen (secondary N) is 2. The van der Waals surface area contributed by atoms with Gasteiger partial charge in [0.25, 0.3) is 10.0 Å². The normalized spacial score (nSPS) is 39.6. The minimum atomic E-state index is -4.04. The van der Waals surface area contributed by atoms with Crippen LogP contribution in [0.2, 0.25) is 0 Å². The number of hydrogen-bond acceptors (Lipinski definition) is 17. The highest BCUT2D eigenvalue weighted by molar-refractivity contribution is 7.92. The molecule has 396 valence electrons. The van der Waals surface area contributed by atoms with E-state index < -0.39 is 118 Å². The van der Waals surface area contributed by atoms with Crippen molar-refractivity contribution >= 4 is 33.5 Å². The number of pyridine rings is 1. The maximum Gasteiger partial charge on any atom is 0.322 e. The maximum absolute atomic E-state index is 14.6. The Hall–Kier alpha value is -3.58. The van der Waals surface area contributed by atoms with Gasteiger partial charge < -0.3 is 69.1 Å². The first-order chi connectivity index (χ1) is 32.6. The van der Waals surface area contributed by atoms with E-state index in [1.165, 1.54) is 62.4 Å². The minimum absolute atomic E-state index is 0.0410. The number of carbonyl (C=O) groups is 2. The van der Waals surface area contributed by atoms with Gasteiger partial charge in [-0.2, -0.15) is 0 Å². The number of sulfonamides is 1. The molecule has 7 N–H and O–H groups in total. The van der Waals surface area contributed by atoms with Crippen molar-refractivity contribution in [3.8, 4) is 0 Å². The van der Waals surface area contributed by atoms with E-state index in [1.807, 2.05) is 25.9 Å². The first kappa shape index (κ1) is 57.3. The smallest absolute Gasteiger partial charge is 0.322 e. The van der Waals surface area contributed by atoms with Gasteiger partial charge in [-0.25, -0.2) is 18.2 Å². The highest BCUT2D eigenvalue weighted by Crippen LogP contribution is 2.40. The molecule has 5 rings (SSSR count). The van der Waals surface area contributed by atoms with E-state index in [4.69, 9.17) is 28.4 Å². The van der Waals surface area contributed by atoms with Crippen LogP contribution in [0.25, 0.3) is 0 Å². The number of hydrogen-bond donors (Lipinski definition) is 7. The lowest BCUT2D eigenvalue weighted by Gasteiger charge is -2.48. The zero-order valence-electron chi connectivity index (χ0n) is 42.9. The SMILES string of the molecule is CC[C@H]1OC(=O)[C@H](C)[C@@H](O[C@H]2C[C@@](C)(OC)[C@@H](O)[C@H](C)O2)[C@H](C)[C@@H](O[C@@H]2O[C@H](C)C[C@H](N(C)C)[C@H]2O)[C@](C)(O)C[C@@H](C)CN(C(=O)Nc2ccc(S(=O)(=O)Nc3ccccn3)cc2)[C@H](C)[C@@H](O)[C@]1(C)O. The Bertz CT molecular complexity index is 2140. The monoisotopic (exact) mass is 1010 g/mol. The summed E-state index contributed by atoms with van der Waals surface area (Å²) in [4.78, 5) is 36.2. The number of carbonyl (C=O) groups excluding carboxylic acids is 2. The van der Waals surface area contributed by atoms with Gasteiger partial charge in [-0.1, -0.05) is 26.8 Å². The molecular weight excluding hydrogens is 931 g/mol. The quantitative estimate of drug-likeness (QED) is 0.158. The molecule has 2 aromatic rings. The number of likely N-dealkylation sites (N-methyl/N-ethyl adjacent to an activating group) is 1. The molecule has 0 aliphatic carbocycles. The number of aromatic nitrogens is 1. The first-order valence-corrected chi connectivity index (χ1v) is 25.7. The molecule has 0 unspecified atom stereocenters. The fraction of sp³-hybridized carbons (Fsp3) is 0.735. The predicted molar refractivity (Wildman–Crippen MR) is 259 cm³/mol. The number of cyclic esters (lactones) is 1. The summed E-state index contributed by atoms with van der Waals surface area (Å²) in [6.07, 6.45) is -9.10.